The van der Waals surface area contributed by atoms with Crippen LogP contribution in [0.2, 0.25) is 0 Å². The van der Waals surface area contributed by atoms with E-state index in [-0.39, 0.29) is 5.69 Å². The van der Waals surface area contributed by atoms with E-state index in [9.17, 15) is 13.2 Å². The minimum Gasteiger partial charge on any atom is -0.398 e. The van der Waals surface area contributed by atoms with E-state index in [1.807, 2.05) is 13.0 Å². The number of fused-ring (bicyclic) bond motifs is 1. The molecule has 0 amide bonds. The van der Waals surface area contributed by atoms with Gasteiger partial charge in [0.15, 0.2) is 5.65 Å². The highest BCUT2D eigenvalue weighted by Crippen LogP contribution is 2.34. The summed E-state index contributed by atoms with van der Waals surface area (Å²) >= 11 is 0. The largest absolute Gasteiger partial charge is 0.416 e. The monoisotopic (exact) mass is 292 g/mol. The molecular formula is C14H11F3N4. The lowest BCUT2D eigenvalue weighted by Gasteiger charge is -2.12. The van der Waals surface area contributed by atoms with Gasteiger partial charge in [0.05, 0.1) is 11.3 Å². The van der Waals surface area contributed by atoms with Crippen LogP contribution in [0.15, 0.2) is 36.7 Å². The summed E-state index contributed by atoms with van der Waals surface area (Å²) in [6, 6.07) is 6.93. The standard InChI is InChI=1S/C14H11F3N4/c1-8-4-12(21-13(5-8)19-7-20-21)10-3-2-9(6-11(10)18)14(15,16)17/h2-7H,18H2,1H3. The molecule has 0 bridgehead atoms. The minimum absolute atomic E-state index is 0.0484. The van der Waals surface area contributed by atoms with Crippen molar-refractivity contribution in [2.24, 2.45) is 0 Å². The van der Waals surface area contributed by atoms with E-state index in [1.165, 1.54) is 12.4 Å². The lowest BCUT2D eigenvalue weighted by Crippen LogP contribution is -2.06. The molecule has 2 N–H and O–H groups in total. The number of nitrogens with zero attached hydrogens (tertiary/aromatic N) is 3. The van der Waals surface area contributed by atoms with Gasteiger partial charge in [-0.15, -0.1) is 0 Å². The predicted molar refractivity (Wildman–Crippen MR) is 72.6 cm³/mol. The second-order valence-corrected chi connectivity index (χ2v) is 4.75. The normalized spacial score (nSPS) is 12.0. The number of aromatic nitrogens is 3. The Kier molecular flexibility index (Phi) is 2.86. The lowest BCUT2D eigenvalue weighted by atomic mass is 10.0. The number of nitrogens with two attached hydrogens (primary N) is 1. The first-order chi connectivity index (χ1) is 9.86. The third kappa shape index (κ3) is 2.31. The van der Waals surface area contributed by atoms with E-state index in [0.29, 0.717) is 16.9 Å². The van der Waals surface area contributed by atoms with Gasteiger partial charge in [0, 0.05) is 11.3 Å². The number of anilines is 1. The van der Waals surface area contributed by atoms with Crippen molar-refractivity contribution in [2.45, 2.75) is 13.1 Å². The number of nitrogen functional groups attached to an aromatic ring is 1. The molecule has 0 aliphatic heterocycles. The first-order valence-corrected chi connectivity index (χ1v) is 6.14. The fourth-order valence-corrected chi connectivity index (χ4v) is 2.22. The van der Waals surface area contributed by atoms with Gasteiger partial charge in [-0.25, -0.2) is 9.50 Å². The molecule has 0 saturated carbocycles. The summed E-state index contributed by atoms with van der Waals surface area (Å²) in [5.41, 5.74) is 7.70. The first-order valence-electron chi connectivity index (χ1n) is 6.14. The van der Waals surface area contributed by atoms with Crippen molar-refractivity contribution in [3.8, 4) is 11.3 Å². The van der Waals surface area contributed by atoms with Gasteiger partial charge >= 0.3 is 6.18 Å². The Labute approximate surface area is 118 Å². The number of aryl methyl sites for hydroxylation is 1. The Morgan fingerprint density at radius 2 is 1.90 bits per heavy atom. The molecule has 0 fully saturated rings. The van der Waals surface area contributed by atoms with Crippen molar-refractivity contribution in [3.05, 3.63) is 47.8 Å². The van der Waals surface area contributed by atoms with Gasteiger partial charge in [-0.1, -0.05) is 6.07 Å². The van der Waals surface area contributed by atoms with Crippen LogP contribution in [-0.4, -0.2) is 14.6 Å². The molecule has 0 aliphatic rings. The van der Waals surface area contributed by atoms with Gasteiger partial charge in [-0.2, -0.15) is 18.3 Å². The number of pyridine rings is 1. The number of halogens is 3. The molecule has 2 heterocycles. The topological polar surface area (TPSA) is 56.2 Å². The summed E-state index contributed by atoms with van der Waals surface area (Å²) in [6.45, 7) is 1.87. The molecular weight excluding hydrogens is 281 g/mol. The van der Waals surface area contributed by atoms with Crippen LogP contribution >= 0.6 is 0 Å². The minimum atomic E-state index is -4.41. The maximum absolute atomic E-state index is 12.7. The van der Waals surface area contributed by atoms with Crippen LogP contribution in [0.4, 0.5) is 18.9 Å². The van der Waals surface area contributed by atoms with E-state index in [4.69, 9.17) is 5.73 Å². The lowest BCUT2D eigenvalue weighted by molar-refractivity contribution is -0.137. The van der Waals surface area contributed by atoms with E-state index in [1.54, 1.807) is 10.6 Å². The van der Waals surface area contributed by atoms with Crippen LogP contribution in [0, 0.1) is 6.92 Å². The van der Waals surface area contributed by atoms with Crippen LogP contribution in [0.25, 0.3) is 16.9 Å². The molecule has 0 aliphatic carbocycles. The van der Waals surface area contributed by atoms with Crippen LogP contribution in [0.1, 0.15) is 11.1 Å². The summed E-state index contributed by atoms with van der Waals surface area (Å²) in [5.74, 6) is 0. The van der Waals surface area contributed by atoms with Crippen molar-refractivity contribution in [3.63, 3.8) is 0 Å². The molecule has 108 valence electrons. The molecule has 7 heteroatoms. The molecule has 0 radical (unpaired) electrons. The highest BCUT2D eigenvalue weighted by Gasteiger charge is 2.31. The van der Waals surface area contributed by atoms with Crippen molar-refractivity contribution in [1.82, 2.24) is 14.6 Å². The van der Waals surface area contributed by atoms with Crippen molar-refractivity contribution in [2.75, 3.05) is 5.73 Å². The average molecular weight is 292 g/mol. The Bertz CT molecular complexity index is 821. The summed E-state index contributed by atoms with van der Waals surface area (Å²) in [6.07, 6.45) is -3.03. The smallest absolute Gasteiger partial charge is 0.398 e. The third-order valence-electron chi connectivity index (χ3n) is 3.18. The molecule has 21 heavy (non-hydrogen) atoms. The molecule has 3 aromatic rings. The maximum atomic E-state index is 12.7. The van der Waals surface area contributed by atoms with Gasteiger partial charge in [0.25, 0.3) is 0 Å². The summed E-state index contributed by atoms with van der Waals surface area (Å²) in [7, 11) is 0. The van der Waals surface area contributed by atoms with Crippen LogP contribution < -0.4 is 5.73 Å². The van der Waals surface area contributed by atoms with Gasteiger partial charge < -0.3 is 5.73 Å². The molecule has 0 unspecified atom stereocenters. The Morgan fingerprint density at radius 3 is 2.57 bits per heavy atom. The number of benzene rings is 1. The summed E-state index contributed by atoms with van der Waals surface area (Å²) in [4.78, 5) is 4.08. The first kappa shape index (κ1) is 13.4. The van der Waals surface area contributed by atoms with Crippen molar-refractivity contribution in [1.29, 1.82) is 0 Å². The van der Waals surface area contributed by atoms with Gasteiger partial charge in [0.1, 0.15) is 6.33 Å². The van der Waals surface area contributed by atoms with E-state index < -0.39 is 11.7 Å². The average Bonchev–Trinajstić information content (AvgIpc) is 2.84. The molecule has 4 nitrogen and oxygen atoms in total. The van der Waals surface area contributed by atoms with Crippen LogP contribution in [0.3, 0.4) is 0 Å². The van der Waals surface area contributed by atoms with E-state index in [2.05, 4.69) is 10.1 Å². The zero-order valence-corrected chi connectivity index (χ0v) is 11.0. The van der Waals surface area contributed by atoms with Crippen LogP contribution in [-0.2, 0) is 6.18 Å². The molecule has 0 saturated heterocycles. The van der Waals surface area contributed by atoms with Gasteiger partial charge in [-0.05, 0) is 36.8 Å². The van der Waals surface area contributed by atoms with Gasteiger partial charge in [0.2, 0.25) is 0 Å². The van der Waals surface area contributed by atoms with Crippen LogP contribution in [0.5, 0.6) is 0 Å². The molecule has 0 spiro atoms. The predicted octanol–water partition coefficient (Wildman–Crippen LogP) is 3.31. The fraction of sp³-hybridized carbons (Fsp3) is 0.143. The summed E-state index contributed by atoms with van der Waals surface area (Å²) < 4.78 is 39.6. The maximum Gasteiger partial charge on any atom is 0.416 e. The Morgan fingerprint density at radius 1 is 1.14 bits per heavy atom. The second-order valence-electron chi connectivity index (χ2n) is 4.75. The van der Waals surface area contributed by atoms with Gasteiger partial charge in [-0.3, -0.25) is 0 Å². The number of hydrogen-bond acceptors (Lipinski definition) is 3. The van der Waals surface area contributed by atoms with E-state index >= 15 is 0 Å². The number of alkyl halides is 3. The molecule has 1 aromatic carbocycles. The number of hydrogen-bond donors (Lipinski definition) is 1. The third-order valence-corrected chi connectivity index (χ3v) is 3.18. The zero-order chi connectivity index (χ0) is 15.2. The molecule has 3 rings (SSSR count). The fourth-order valence-electron chi connectivity index (χ4n) is 2.22. The quantitative estimate of drug-likeness (QED) is 0.700. The molecule has 0 atom stereocenters. The van der Waals surface area contributed by atoms with E-state index in [0.717, 1.165) is 17.7 Å². The highest BCUT2D eigenvalue weighted by molar-refractivity contribution is 5.76. The summed E-state index contributed by atoms with van der Waals surface area (Å²) in [5, 5.41) is 4.08. The zero-order valence-electron chi connectivity index (χ0n) is 11.0. The SMILES string of the molecule is Cc1cc(-c2ccc(C(F)(F)F)cc2N)n2ncnc2c1. The highest BCUT2D eigenvalue weighted by atomic mass is 19.4. The van der Waals surface area contributed by atoms with Crippen molar-refractivity contribution >= 4 is 11.3 Å². The number of rotatable bonds is 1. The molecule has 2 aromatic heterocycles. The van der Waals surface area contributed by atoms with Crippen molar-refractivity contribution < 1.29 is 13.2 Å². The Hall–Kier alpha value is -2.57. The Balaban J connectivity index is 2.21. The second kappa shape index (κ2) is 4.47.